The van der Waals surface area contributed by atoms with Gasteiger partial charge in [-0.3, -0.25) is 19.1 Å². The Morgan fingerprint density at radius 2 is 1.82 bits per heavy atom. The average molecular weight is 572 g/mol. The Morgan fingerprint density at radius 1 is 1.16 bits per heavy atom. The van der Waals surface area contributed by atoms with E-state index in [0.717, 1.165) is 21.0 Å². The molecular formula is C27H29N3O5S3. The third kappa shape index (κ3) is 6.71. The van der Waals surface area contributed by atoms with Crippen LogP contribution in [-0.2, 0) is 21.5 Å². The Morgan fingerprint density at radius 3 is 2.42 bits per heavy atom. The molecule has 8 nitrogen and oxygen atoms in total. The molecule has 0 radical (unpaired) electrons. The van der Waals surface area contributed by atoms with Gasteiger partial charge in [-0.15, -0.1) is 11.3 Å². The number of rotatable bonds is 9. The number of thioether (sulfide) groups is 1. The van der Waals surface area contributed by atoms with Gasteiger partial charge in [0.05, 0.1) is 21.9 Å². The summed E-state index contributed by atoms with van der Waals surface area (Å²) in [5, 5.41) is 0.906. The molecule has 200 valence electrons. The van der Waals surface area contributed by atoms with Crippen LogP contribution < -0.4 is 19.7 Å². The molecule has 0 bridgehead atoms. The Balaban J connectivity index is 1.81. The zero-order chi connectivity index (χ0) is 27.3. The van der Waals surface area contributed by atoms with Crippen molar-refractivity contribution in [3.63, 3.8) is 0 Å². The van der Waals surface area contributed by atoms with Gasteiger partial charge in [0, 0.05) is 43.1 Å². The highest BCUT2D eigenvalue weighted by atomic mass is 32.2. The van der Waals surface area contributed by atoms with Gasteiger partial charge in [0.1, 0.15) is 15.7 Å². The summed E-state index contributed by atoms with van der Waals surface area (Å²) in [6.07, 6.45) is 3.75. The van der Waals surface area contributed by atoms with Crippen LogP contribution in [0.2, 0.25) is 0 Å². The summed E-state index contributed by atoms with van der Waals surface area (Å²) < 4.78 is 38.6. The number of thiazole rings is 1. The summed E-state index contributed by atoms with van der Waals surface area (Å²) in [6, 6.07) is 19.1. The van der Waals surface area contributed by atoms with E-state index in [2.05, 4.69) is 4.58 Å². The van der Waals surface area contributed by atoms with E-state index in [-0.39, 0.29) is 23.9 Å². The molecule has 4 rings (SSSR count). The second-order valence-electron chi connectivity index (χ2n) is 8.74. The van der Waals surface area contributed by atoms with Crippen molar-refractivity contribution in [1.82, 2.24) is 4.57 Å². The fraction of sp³-hybridized carbons (Fsp3) is 0.296. The van der Waals surface area contributed by atoms with Crippen LogP contribution in [0.5, 0.6) is 0 Å². The molecule has 1 aromatic heterocycles. The van der Waals surface area contributed by atoms with Crippen molar-refractivity contribution in [2.24, 2.45) is 0 Å². The first-order valence-electron chi connectivity index (χ1n) is 12.2. The van der Waals surface area contributed by atoms with Gasteiger partial charge < -0.3 is 4.55 Å². The van der Waals surface area contributed by atoms with Crippen molar-refractivity contribution in [2.45, 2.75) is 32.9 Å². The number of nitrogens with zero attached hydrogens (tertiary/aromatic N) is 3. The molecule has 11 heteroatoms. The van der Waals surface area contributed by atoms with E-state index in [9.17, 15) is 22.6 Å². The minimum Gasteiger partial charge on any atom is -0.748 e. The van der Waals surface area contributed by atoms with E-state index >= 15 is 0 Å². The van der Waals surface area contributed by atoms with Gasteiger partial charge in [0.15, 0.2) is 6.04 Å². The quantitative estimate of drug-likeness (QED) is 0.289. The first-order chi connectivity index (χ1) is 18.2. The van der Waals surface area contributed by atoms with Crippen molar-refractivity contribution < 1.29 is 22.3 Å². The highest BCUT2D eigenvalue weighted by Gasteiger charge is 2.34. The van der Waals surface area contributed by atoms with Gasteiger partial charge in [-0.1, -0.05) is 60.3 Å². The Bertz CT molecular complexity index is 1610. The SMILES string of the molecule is CCn1c(=O)c(=CN(C(C)=O)c2ccccc2)s/c1=C/C1=[N+](CCCS(=O)(=O)[O-])C(c2ccccc2)CS1. The molecule has 1 unspecified atom stereocenters. The number of carbonyl (C=O) groups is 1. The normalized spacial score (nSPS) is 16.9. The molecule has 2 aromatic carbocycles. The van der Waals surface area contributed by atoms with Crippen molar-refractivity contribution in [3.8, 4) is 0 Å². The van der Waals surface area contributed by atoms with E-state index in [1.54, 1.807) is 22.5 Å². The van der Waals surface area contributed by atoms with E-state index in [4.69, 9.17) is 0 Å². The summed E-state index contributed by atoms with van der Waals surface area (Å²) >= 11 is 2.94. The van der Waals surface area contributed by atoms with Crippen LogP contribution in [0.15, 0.2) is 65.5 Å². The summed E-state index contributed by atoms with van der Waals surface area (Å²) in [6.45, 7) is 4.20. The number of amides is 1. The number of hydrogen-bond donors (Lipinski definition) is 0. The fourth-order valence-electron chi connectivity index (χ4n) is 4.34. The molecule has 1 aliphatic heterocycles. The van der Waals surface area contributed by atoms with E-state index in [0.29, 0.717) is 23.3 Å². The van der Waals surface area contributed by atoms with Crippen LogP contribution in [0.1, 0.15) is 31.9 Å². The number of anilines is 1. The van der Waals surface area contributed by atoms with Gasteiger partial charge in [-0.05, 0) is 19.1 Å². The summed E-state index contributed by atoms with van der Waals surface area (Å²) in [5.41, 5.74) is 1.59. The van der Waals surface area contributed by atoms with Gasteiger partial charge in [0.25, 0.3) is 5.56 Å². The van der Waals surface area contributed by atoms with Crippen molar-refractivity contribution in [2.75, 3.05) is 23.0 Å². The van der Waals surface area contributed by atoms with Crippen LogP contribution in [0.3, 0.4) is 0 Å². The van der Waals surface area contributed by atoms with Crippen LogP contribution >= 0.6 is 23.1 Å². The van der Waals surface area contributed by atoms with Crippen LogP contribution in [-0.4, -0.2) is 51.1 Å². The number of hydrogen-bond acceptors (Lipinski definition) is 7. The van der Waals surface area contributed by atoms with Gasteiger partial charge in [-0.2, -0.15) is 0 Å². The lowest BCUT2D eigenvalue weighted by molar-refractivity contribution is -0.560. The number of para-hydroxylation sites is 1. The Labute approximate surface area is 230 Å². The minimum atomic E-state index is -4.31. The highest BCUT2D eigenvalue weighted by Crippen LogP contribution is 2.31. The lowest BCUT2D eigenvalue weighted by Crippen LogP contribution is -2.34. The van der Waals surface area contributed by atoms with Crippen LogP contribution in [0.4, 0.5) is 5.69 Å². The summed E-state index contributed by atoms with van der Waals surface area (Å²) in [5.74, 6) is 0.122. The number of carbonyl (C=O) groups excluding carboxylic acids is 1. The first-order valence-corrected chi connectivity index (χ1v) is 15.6. The molecule has 0 spiro atoms. The van der Waals surface area contributed by atoms with Crippen molar-refractivity contribution in [3.05, 3.63) is 85.8 Å². The number of benzene rings is 2. The molecule has 2 heterocycles. The summed E-state index contributed by atoms with van der Waals surface area (Å²) in [7, 11) is -4.31. The zero-order valence-corrected chi connectivity index (χ0v) is 23.6. The second kappa shape index (κ2) is 12.2. The second-order valence-corrected chi connectivity index (χ2v) is 12.4. The molecular weight excluding hydrogens is 543 g/mol. The Hall–Kier alpha value is -2.99. The summed E-state index contributed by atoms with van der Waals surface area (Å²) in [4.78, 5) is 27.1. The van der Waals surface area contributed by atoms with Gasteiger partial charge in [-0.25, -0.2) is 13.0 Å². The predicted molar refractivity (Wildman–Crippen MR) is 153 cm³/mol. The predicted octanol–water partition coefficient (Wildman–Crippen LogP) is 2.34. The maximum absolute atomic E-state index is 13.3. The molecule has 0 N–H and O–H groups in total. The third-order valence-electron chi connectivity index (χ3n) is 6.15. The zero-order valence-electron chi connectivity index (χ0n) is 21.1. The monoisotopic (exact) mass is 571 g/mol. The van der Waals surface area contributed by atoms with Gasteiger partial charge in [0.2, 0.25) is 11.0 Å². The van der Waals surface area contributed by atoms with E-state index in [1.165, 1.54) is 23.2 Å². The maximum atomic E-state index is 13.3. The van der Waals surface area contributed by atoms with Gasteiger partial charge >= 0.3 is 0 Å². The molecule has 1 atom stereocenters. The topological polar surface area (TPSA) is 103 Å². The highest BCUT2D eigenvalue weighted by molar-refractivity contribution is 8.14. The first kappa shape index (κ1) is 28.0. The molecule has 3 aromatic rings. The molecule has 0 fully saturated rings. The Kier molecular flexibility index (Phi) is 9.03. The van der Waals surface area contributed by atoms with E-state index < -0.39 is 15.9 Å². The maximum Gasteiger partial charge on any atom is 0.270 e. The largest absolute Gasteiger partial charge is 0.748 e. The number of aromatic nitrogens is 1. The van der Waals surface area contributed by atoms with Crippen LogP contribution in [0.25, 0.3) is 12.3 Å². The molecule has 0 saturated carbocycles. The lowest BCUT2D eigenvalue weighted by atomic mass is 10.1. The van der Waals surface area contributed by atoms with Crippen molar-refractivity contribution >= 4 is 62.1 Å². The lowest BCUT2D eigenvalue weighted by Gasteiger charge is -2.15. The average Bonchev–Trinajstić information content (AvgIpc) is 3.42. The minimum absolute atomic E-state index is 0.0147. The smallest absolute Gasteiger partial charge is 0.270 e. The molecule has 0 saturated heterocycles. The van der Waals surface area contributed by atoms with E-state index in [1.807, 2.05) is 73.7 Å². The van der Waals surface area contributed by atoms with Crippen LogP contribution in [0, 0.1) is 0 Å². The molecule has 0 aliphatic carbocycles. The third-order valence-corrected chi connectivity index (χ3v) is 9.11. The fourth-order valence-corrected chi connectivity index (χ4v) is 7.25. The van der Waals surface area contributed by atoms with Crippen molar-refractivity contribution in [1.29, 1.82) is 0 Å². The standard InChI is InChI=1S/C27H29N3O5S3/c1-3-28-26(37-24(27(28)32)18-30(20(2)31)22-13-8-5-9-14-22)17-25-29(15-10-16-38(33,34)35)23(19-36-25)21-11-6-4-7-12-21/h4-9,11-14,17-18,23H,3,10,15-16,19H2,1-2H3. The molecule has 1 amide bonds. The molecule has 38 heavy (non-hydrogen) atoms. The molecule has 1 aliphatic rings.